The van der Waals surface area contributed by atoms with Crippen LogP contribution in [-0.4, -0.2) is 73.6 Å². The van der Waals surface area contributed by atoms with Crippen LogP contribution in [0, 0.1) is 0 Å². The number of aliphatic carboxylic acids is 1. The maximum absolute atomic E-state index is 13.8. The topological polar surface area (TPSA) is 163 Å². The fourth-order valence-corrected chi connectivity index (χ4v) is 5.52. The van der Waals surface area contributed by atoms with E-state index in [1.807, 2.05) is 26.0 Å². The number of carbonyl (C=O) groups excluding carboxylic acids is 1. The second-order valence-electron chi connectivity index (χ2n) is 11.0. The van der Waals surface area contributed by atoms with Crippen LogP contribution in [0.25, 0.3) is 5.76 Å². The fourth-order valence-electron chi connectivity index (χ4n) is 5.52. The molecule has 2 aromatic rings. The standard InChI is InChI=1S/C29H32O10/c1-14(15-8-10-16(11-9-15)37-27-22(32)20(30)21(31)24(38-27)26(34)35)29(36)19-7-5-4-6-17(19)23-18(25(29)33)12-13-28(2,3)39-23/h4-11,14,20-22,24,27,30-32,36H,12-13H2,1-3H3,(H,34,35)/t14?,20-,21-,22+,24-,27+,29?/m0/s1. The van der Waals surface area contributed by atoms with Gasteiger partial charge in [0.25, 0.3) is 0 Å². The van der Waals surface area contributed by atoms with Gasteiger partial charge in [0.05, 0.1) is 0 Å². The number of carboxylic acids is 1. The van der Waals surface area contributed by atoms with E-state index in [1.54, 1.807) is 31.2 Å². The Labute approximate surface area is 225 Å². The summed E-state index contributed by atoms with van der Waals surface area (Å²) >= 11 is 0. The maximum Gasteiger partial charge on any atom is 0.335 e. The number of aliphatic hydroxyl groups is 4. The van der Waals surface area contributed by atoms with Crippen molar-refractivity contribution in [3.05, 3.63) is 70.8 Å². The van der Waals surface area contributed by atoms with Crippen molar-refractivity contribution in [2.75, 3.05) is 0 Å². The van der Waals surface area contributed by atoms with E-state index >= 15 is 0 Å². The van der Waals surface area contributed by atoms with Crippen molar-refractivity contribution in [1.82, 2.24) is 0 Å². The number of hydrogen-bond donors (Lipinski definition) is 5. The zero-order valence-corrected chi connectivity index (χ0v) is 21.8. The molecule has 208 valence electrons. The molecule has 10 nitrogen and oxygen atoms in total. The first kappa shape index (κ1) is 27.3. The molecular weight excluding hydrogens is 508 g/mol. The average molecular weight is 541 g/mol. The maximum atomic E-state index is 13.8. The van der Waals surface area contributed by atoms with E-state index in [0.29, 0.717) is 40.9 Å². The minimum atomic E-state index is -1.85. The summed E-state index contributed by atoms with van der Waals surface area (Å²) in [5.74, 6) is -1.88. The van der Waals surface area contributed by atoms with E-state index in [2.05, 4.69) is 0 Å². The minimum Gasteiger partial charge on any atom is -0.487 e. The Morgan fingerprint density at radius 3 is 2.36 bits per heavy atom. The summed E-state index contributed by atoms with van der Waals surface area (Å²) in [6.45, 7) is 5.70. The predicted octanol–water partition coefficient (Wildman–Crippen LogP) is 1.83. The smallest absolute Gasteiger partial charge is 0.335 e. The van der Waals surface area contributed by atoms with Crippen LogP contribution in [0.5, 0.6) is 5.75 Å². The Morgan fingerprint density at radius 2 is 1.69 bits per heavy atom. The Hall–Kier alpha value is -3.28. The van der Waals surface area contributed by atoms with Gasteiger partial charge >= 0.3 is 5.97 Å². The second-order valence-corrected chi connectivity index (χ2v) is 11.0. The molecule has 2 unspecified atom stereocenters. The van der Waals surface area contributed by atoms with Gasteiger partial charge in [-0.05, 0) is 44.4 Å². The first-order valence-corrected chi connectivity index (χ1v) is 12.8. The number of aliphatic hydroxyl groups excluding tert-OH is 3. The zero-order chi connectivity index (χ0) is 28.3. The summed E-state index contributed by atoms with van der Waals surface area (Å²) in [6, 6.07) is 13.5. The number of fused-ring (bicyclic) bond motifs is 2. The average Bonchev–Trinajstić information content (AvgIpc) is 2.91. The first-order chi connectivity index (χ1) is 18.3. The lowest BCUT2D eigenvalue weighted by Crippen LogP contribution is -2.61. The number of ether oxygens (including phenoxy) is 3. The number of benzene rings is 2. The Kier molecular flexibility index (Phi) is 6.80. The van der Waals surface area contributed by atoms with Crippen molar-refractivity contribution in [3.8, 4) is 5.75 Å². The molecule has 2 aliphatic heterocycles. The third-order valence-electron chi connectivity index (χ3n) is 7.90. The van der Waals surface area contributed by atoms with Gasteiger partial charge in [-0.15, -0.1) is 0 Å². The van der Waals surface area contributed by atoms with Crippen LogP contribution < -0.4 is 4.74 Å². The van der Waals surface area contributed by atoms with E-state index < -0.39 is 59.6 Å². The molecule has 7 atom stereocenters. The van der Waals surface area contributed by atoms with Gasteiger partial charge in [0.15, 0.2) is 17.5 Å². The van der Waals surface area contributed by atoms with Crippen molar-refractivity contribution < 1.29 is 49.3 Å². The number of hydrogen-bond acceptors (Lipinski definition) is 9. The van der Waals surface area contributed by atoms with Crippen LogP contribution in [0.4, 0.5) is 0 Å². The molecule has 3 aliphatic rings. The molecule has 0 radical (unpaired) electrons. The van der Waals surface area contributed by atoms with Crippen molar-refractivity contribution >= 4 is 17.5 Å². The van der Waals surface area contributed by atoms with E-state index in [-0.39, 0.29) is 5.75 Å². The van der Waals surface area contributed by atoms with Crippen LogP contribution in [0.15, 0.2) is 54.1 Å². The lowest BCUT2D eigenvalue weighted by Gasteiger charge is -2.43. The number of carbonyl (C=O) groups is 2. The van der Waals surface area contributed by atoms with Crippen LogP contribution >= 0.6 is 0 Å². The molecule has 10 heteroatoms. The third kappa shape index (κ3) is 4.52. The largest absolute Gasteiger partial charge is 0.487 e. The molecule has 2 aromatic carbocycles. The molecule has 1 saturated heterocycles. The summed E-state index contributed by atoms with van der Waals surface area (Å²) in [4.78, 5) is 25.2. The first-order valence-electron chi connectivity index (χ1n) is 12.8. The SMILES string of the molecule is CC(c1ccc(O[C@@H]2O[C@H](C(=O)O)[C@@H](O)[C@H](O)[C@H]2O)cc1)C1(O)C(=O)C2=C(OC(C)(C)CC2)c2ccccc21. The Balaban J connectivity index is 1.42. The third-order valence-corrected chi connectivity index (χ3v) is 7.90. The summed E-state index contributed by atoms with van der Waals surface area (Å²) in [5.41, 5.74) is -0.0355. The van der Waals surface area contributed by atoms with Gasteiger partial charge in [-0.2, -0.15) is 0 Å². The molecule has 0 saturated carbocycles. The van der Waals surface area contributed by atoms with Gasteiger partial charge < -0.3 is 39.7 Å². The normalized spacial score (nSPS) is 32.5. The van der Waals surface area contributed by atoms with Crippen LogP contribution in [-0.2, 0) is 24.7 Å². The summed E-state index contributed by atoms with van der Waals surface area (Å²) < 4.78 is 17.0. The molecule has 5 N–H and O–H groups in total. The highest BCUT2D eigenvalue weighted by Gasteiger charge is 2.52. The van der Waals surface area contributed by atoms with E-state index in [0.717, 1.165) is 0 Å². The van der Waals surface area contributed by atoms with Crippen LogP contribution in [0.1, 0.15) is 56.2 Å². The summed E-state index contributed by atoms with van der Waals surface area (Å²) in [6.07, 6.45) is -7.52. The van der Waals surface area contributed by atoms with E-state index in [9.17, 15) is 35.1 Å². The molecular formula is C29H32O10. The highest BCUT2D eigenvalue weighted by molar-refractivity contribution is 6.11. The molecule has 2 heterocycles. The van der Waals surface area contributed by atoms with Crippen LogP contribution in [0.3, 0.4) is 0 Å². The molecule has 0 amide bonds. The summed E-state index contributed by atoms with van der Waals surface area (Å²) in [7, 11) is 0. The van der Waals surface area contributed by atoms with Crippen LogP contribution in [0.2, 0.25) is 0 Å². The molecule has 1 fully saturated rings. The zero-order valence-electron chi connectivity index (χ0n) is 21.8. The molecule has 0 aromatic heterocycles. The van der Waals surface area contributed by atoms with Gasteiger partial charge in [-0.1, -0.05) is 43.3 Å². The molecule has 5 rings (SSSR count). The van der Waals surface area contributed by atoms with Gasteiger partial charge in [-0.25, -0.2) is 4.79 Å². The van der Waals surface area contributed by atoms with Gasteiger partial charge in [0.1, 0.15) is 35.4 Å². The van der Waals surface area contributed by atoms with Crippen molar-refractivity contribution in [3.63, 3.8) is 0 Å². The summed E-state index contributed by atoms with van der Waals surface area (Å²) in [5, 5.41) is 51.4. The monoisotopic (exact) mass is 540 g/mol. The van der Waals surface area contributed by atoms with Crippen molar-refractivity contribution in [2.45, 2.75) is 81.4 Å². The van der Waals surface area contributed by atoms with E-state index in [4.69, 9.17) is 14.2 Å². The van der Waals surface area contributed by atoms with Crippen molar-refractivity contribution in [1.29, 1.82) is 0 Å². The fraction of sp³-hybridized carbons (Fsp3) is 0.448. The Morgan fingerprint density at radius 1 is 1.03 bits per heavy atom. The highest BCUT2D eigenvalue weighted by atomic mass is 16.7. The number of rotatable bonds is 5. The van der Waals surface area contributed by atoms with Gasteiger partial charge in [0, 0.05) is 22.6 Å². The second kappa shape index (κ2) is 9.72. The number of ketones is 1. The molecule has 0 bridgehead atoms. The molecule has 39 heavy (non-hydrogen) atoms. The molecule has 0 spiro atoms. The minimum absolute atomic E-state index is 0.179. The number of carboxylic acid groups (broad SMARTS) is 1. The Bertz CT molecular complexity index is 1320. The lowest BCUT2D eigenvalue weighted by molar-refractivity contribution is -0.271. The lowest BCUT2D eigenvalue weighted by atomic mass is 9.67. The van der Waals surface area contributed by atoms with E-state index in [1.165, 1.54) is 12.1 Å². The predicted molar refractivity (Wildman–Crippen MR) is 136 cm³/mol. The highest BCUT2D eigenvalue weighted by Crippen LogP contribution is 2.50. The van der Waals surface area contributed by atoms with Gasteiger partial charge in [-0.3, -0.25) is 4.79 Å². The molecule has 1 aliphatic carbocycles. The number of Topliss-reactive ketones (excluding diaryl/α,β-unsaturated/α-hetero) is 1. The van der Waals surface area contributed by atoms with Gasteiger partial charge in [0.2, 0.25) is 6.29 Å². The quantitative estimate of drug-likeness (QED) is 0.378. The van der Waals surface area contributed by atoms with Crippen molar-refractivity contribution in [2.24, 2.45) is 0 Å².